The lowest BCUT2D eigenvalue weighted by Gasteiger charge is -1.98. The number of aromatic amines is 1. The molecule has 1 rings (SSSR count). The van der Waals surface area contributed by atoms with Crippen molar-refractivity contribution >= 4 is 5.91 Å². The van der Waals surface area contributed by atoms with Crippen LogP contribution in [0.3, 0.4) is 0 Å². The number of rotatable bonds is 2. The van der Waals surface area contributed by atoms with Crippen LogP contribution in [0.25, 0.3) is 0 Å². The molecule has 0 aliphatic carbocycles. The predicted molar refractivity (Wildman–Crippen MR) is 53.7 cm³/mol. The van der Waals surface area contributed by atoms with E-state index in [1.807, 2.05) is 13.8 Å². The first-order valence-electron chi connectivity index (χ1n) is 4.47. The predicted octanol–water partition coefficient (Wildman–Crippen LogP) is 0.432. The van der Waals surface area contributed by atoms with Gasteiger partial charge >= 0.3 is 0 Å². The molecular formula is C9H15N3O2. The van der Waals surface area contributed by atoms with Crippen LogP contribution < -0.4 is 10.9 Å². The van der Waals surface area contributed by atoms with Crippen molar-refractivity contribution in [1.29, 1.82) is 0 Å². The highest BCUT2D eigenvalue weighted by Crippen LogP contribution is 1.86. The normalized spacial score (nSPS) is 8.50. The van der Waals surface area contributed by atoms with Crippen molar-refractivity contribution in [3.63, 3.8) is 0 Å². The molecule has 0 saturated heterocycles. The number of H-pyrrole nitrogens is 1. The summed E-state index contributed by atoms with van der Waals surface area (Å²) >= 11 is 0. The van der Waals surface area contributed by atoms with Crippen LogP contribution in [0.1, 0.15) is 26.5 Å². The average Bonchev–Trinajstić information content (AvgIpc) is 2.20. The molecular weight excluding hydrogens is 182 g/mol. The van der Waals surface area contributed by atoms with Gasteiger partial charge in [-0.05, 0) is 6.07 Å². The number of amides is 1. The highest BCUT2D eigenvalue weighted by atomic mass is 16.1. The van der Waals surface area contributed by atoms with Crippen LogP contribution in [0.15, 0.2) is 16.9 Å². The molecule has 0 aromatic carbocycles. The topological polar surface area (TPSA) is 74.8 Å². The van der Waals surface area contributed by atoms with Crippen LogP contribution in [-0.2, 0) is 11.3 Å². The minimum absolute atomic E-state index is 0.122. The van der Waals surface area contributed by atoms with Gasteiger partial charge in [0.1, 0.15) is 0 Å². The van der Waals surface area contributed by atoms with E-state index in [0.29, 0.717) is 12.2 Å². The Labute approximate surface area is 82.5 Å². The summed E-state index contributed by atoms with van der Waals surface area (Å²) in [7, 11) is 0. The fourth-order valence-corrected chi connectivity index (χ4v) is 0.687. The molecule has 1 amide bonds. The molecule has 14 heavy (non-hydrogen) atoms. The van der Waals surface area contributed by atoms with Crippen LogP contribution in [0.4, 0.5) is 0 Å². The van der Waals surface area contributed by atoms with E-state index in [-0.39, 0.29) is 11.5 Å². The third-order valence-corrected chi connectivity index (χ3v) is 1.26. The Kier molecular flexibility index (Phi) is 6.02. The minimum Gasteiger partial charge on any atom is -0.351 e. The van der Waals surface area contributed by atoms with Gasteiger partial charge in [-0.25, -0.2) is 5.10 Å². The van der Waals surface area contributed by atoms with E-state index in [9.17, 15) is 9.59 Å². The minimum atomic E-state index is -0.249. The molecule has 0 aliphatic heterocycles. The van der Waals surface area contributed by atoms with Gasteiger partial charge in [-0.3, -0.25) is 9.59 Å². The van der Waals surface area contributed by atoms with E-state index >= 15 is 0 Å². The van der Waals surface area contributed by atoms with Crippen LogP contribution in [-0.4, -0.2) is 16.1 Å². The zero-order chi connectivity index (χ0) is 11.0. The summed E-state index contributed by atoms with van der Waals surface area (Å²) in [6.45, 7) is 5.76. The molecule has 78 valence electrons. The smallest absolute Gasteiger partial charge is 0.264 e. The maximum absolute atomic E-state index is 10.6. The van der Waals surface area contributed by atoms with Crippen LogP contribution in [0.2, 0.25) is 0 Å². The Morgan fingerprint density at radius 3 is 2.57 bits per heavy atom. The molecule has 1 aromatic rings. The van der Waals surface area contributed by atoms with Gasteiger partial charge in [-0.1, -0.05) is 13.8 Å². The number of nitrogens with zero attached hydrogens (tertiary/aromatic N) is 1. The Bertz CT molecular complexity index is 313. The summed E-state index contributed by atoms with van der Waals surface area (Å²) in [6, 6.07) is 2.93. The van der Waals surface area contributed by atoms with Gasteiger partial charge in [0.25, 0.3) is 5.56 Å². The zero-order valence-electron chi connectivity index (χ0n) is 8.63. The zero-order valence-corrected chi connectivity index (χ0v) is 8.63. The van der Waals surface area contributed by atoms with Gasteiger partial charge in [0.15, 0.2) is 0 Å². The van der Waals surface area contributed by atoms with Gasteiger partial charge in [-0.15, -0.1) is 0 Å². The Hall–Kier alpha value is -1.65. The van der Waals surface area contributed by atoms with Gasteiger partial charge in [-0.2, -0.15) is 5.10 Å². The van der Waals surface area contributed by atoms with E-state index in [0.717, 1.165) is 0 Å². The summed E-state index contributed by atoms with van der Waals surface area (Å²) in [5.41, 5.74) is 0.381. The van der Waals surface area contributed by atoms with Crippen LogP contribution in [0.5, 0.6) is 0 Å². The summed E-state index contributed by atoms with van der Waals surface area (Å²) in [5.74, 6) is -0.122. The number of aromatic nitrogens is 2. The number of carbonyl (C=O) groups is 1. The number of hydrogen-bond acceptors (Lipinski definition) is 3. The molecule has 0 spiro atoms. The molecule has 1 aromatic heterocycles. The Balaban J connectivity index is 0.000000791. The van der Waals surface area contributed by atoms with Crippen molar-refractivity contribution in [2.75, 3.05) is 0 Å². The highest BCUT2D eigenvalue weighted by Gasteiger charge is 1.94. The van der Waals surface area contributed by atoms with Crippen LogP contribution >= 0.6 is 0 Å². The van der Waals surface area contributed by atoms with E-state index in [1.54, 1.807) is 6.07 Å². The quantitative estimate of drug-likeness (QED) is 0.722. The van der Waals surface area contributed by atoms with Gasteiger partial charge < -0.3 is 5.32 Å². The van der Waals surface area contributed by atoms with E-state index in [1.165, 1.54) is 13.0 Å². The monoisotopic (exact) mass is 197 g/mol. The maximum atomic E-state index is 10.6. The van der Waals surface area contributed by atoms with Crippen molar-refractivity contribution in [2.24, 2.45) is 0 Å². The molecule has 0 aliphatic rings. The summed E-state index contributed by atoms with van der Waals surface area (Å²) in [4.78, 5) is 21.0. The van der Waals surface area contributed by atoms with Crippen LogP contribution in [0, 0.1) is 0 Å². The Morgan fingerprint density at radius 1 is 1.50 bits per heavy atom. The number of carbonyl (C=O) groups excluding carboxylic acids is 1. The second kappa shape index (κ2) is 6.82. The molecule has 0 bridgehead atoms. The lowest BCUT2D eigenvalue weighted by molar-refractivity contribution is -0.119. The van der Waals surface area contributed by atoms with Gasteiger partial charge in [0, 0.05) is 13.0 Å². The SMILES string of the molecule is CC.CC(=O)NCc1ccc(=O)[nH]n1. The number of hydrogen-bond donors (Lipinski definition) is 2. The summed E-state index contributed by atoms with van der Waals surface area (Å²) in [5, 5.41) is 8.52. The second-order valence-electron chi connectivity index (χ2n) is 2.32. The summed E-state index contributed by atoms with van der Waals surface area (Å²) < 4.78 is 0. The van der Waals surface area contributed by atoms with Gasteiger partial charge in [0.05, 0.1) is 12.2 Å². The average molecular weight is 197 g/mol. The van der Waals surface area contributed by atoms with E-state index in [4.69, 9.17) is 0 Å². The molecule has 1 heterocycles. The second-order valence-corrected chi connectivity index (χ2v) is 2.32. The fraction of sp³-hybridized carbons (Fsp3) is 0.444. The lowest BCUT2D eigenvalue weighted by Crippen LogP contribution is -2.20. The molecule has 2 N–H and O–H groups in total. The van der Waals surface area contributed by atoms with E-state index < -0.39 is 0 Å². The Morgan fingerprint density at radius 2 is 2.14 bits per heavy atom. The first-order valence-corrected chi connectivity index (χ1v) is 4.47. The largest absolute Gasteiger partial charge is 0.351 e. The first-order chi connectivity index (χ1) is 6.68. The molecule has 5 nitrogen and oxygen atoms in total. The van der Waals surface area contributed by atoms with Crippen molar-refractivity contribution < 1.29 is 4.79 Å². The van der Waals surface area contributed by atoms with Crippen molar-refractivity contribution in [2.45, 2.75) is 27.3 Å². The number of nitrogens with one attached hydrogen (secondary N) is 2. The van der Waals surface area contributed by atoms with Gasteiger partial charge in [0.2, 0.25) is 5.91 Å². The summed E-state index contributed by atoms with van der Waals surface area (Å²) in [6.07, 6.45) is 0. The molecule has 0 radical (unpaired) electrons. The van der Waals surface area contributed by atoms with E-state index in [2.05, 4.69) is 15.5 Å². The fourth-order valence-electron chi connectivity index (χ4n) is 0.687. The first kappa shape index (κ1) is 12.3. The standard InChI is InChI=1S/C7H9N3O2.C2H6/c1-5(11)8-4-6-2-3-7(12)10-9-6;1-2/h2-3H,4H2,1H3,(H,8,11)(H,10,12);1-2H3. The van der Waals surface area contributed by atoms with Crippen molar-refractivity contribution in [3.8, 4) is 0 Å². The molecule has 0 saturated carbocycles. The third kappa shape index (κ3) is 5.08. The lowest BCUT2D eigenvalue weighted by atomic mass is 10.4. The maximum Gasteiger partial charge on any atom is 0.264 e. The molecule has 0 unspecified atom stereocenters. The third-order valence-electron chi connectivity index (χ3n) is 1.26. The highest BCUT2D eigenvalue weighted by molar-refractivity contribution is 5.72. The molecule has 0 atom stereocenters. The van der Waals surface area contributed by atoms with Crippen molar-refractivity contribution in [3.05, 3.63) is 28.2 Å². The van der Waals surface area contributed by atoms with Crippen molar-refractivity contribution in [1.82, 2.24) is 15.5 Å². The molecule has 0 fully saturated rings. The molecule has 5 heteroatoms.